The van der Waals surface area contributed by atoms with Gasteiger partial charge in [-0.05, 0) is 26.7 Å². The van der Waals surface area contributed by atoms with Crippen LogP contribution in [0, 0.1) is 5.92 Å². The highest BCUT2D eigenvalue weighted by molar-refractivity contribution is 4.72. The molecule has 1 aliphatic rings. The van der Waals surface area contributed by atoms with Crippen molar-refractivity contribution in [3.63, 3.8) is 0 Å². The molecule has 3 heteroatoms. The molecule has 3 unspecified atom stereocenters. The number of hydrogen-bond acceptors (Lipinski definition) is 3. The van der Waals surface area contributed by atoms with Gasteiger partial charge < -0.3 is 14.2 Å². The Balaban J connectivity index is 2.38. The lowest BCUT2D eigenvalue weighted by molar-refractivity contribution is -0.268. The van der Waals surface area contributed by atoms with Gasteiger partial charge in [0.1, 0.15) is 0 Å². The number of hydrogen-bond donors (Lipinski definition) is 0. The van der Waals surface area contributed by atoms with Gasteiger partial charge in [-0.15, -0.1) is 0 Å². The monoisotopic (exact) mass is 200 g/mol. The molecule has 0 spiro atoms. The van der Waals surface area contributed by atoms with E-state index >= 15 is 0 Å². The molecule has 0 saturated carbocycles. The Kier molecular flexibility index (Phi) is 4.98. The summed E-state index contributed by atoms with van der Waals surface area (Å²) in [4.78, 5) is 0. The molecule has 1 heterocycles. The van der Waals surface area contributed by atoms with E-state index in [0.717, 1.165) is 12.8 Å². The predicted molar refractivity (Wildman–Crippen MR) is 54.6 cm³/mol. The molecule has 0 aromatic heterocycles. The average Bonchev–Trinajstić information content (AvgIpc) is 2.19. The van der Waals surface area contributed by atoms with Crippen molar-refractivity contribution in [1.82, 2.24) is 0 Å². The summed E-state index contributed by atoms with van der Waals surface area (Å²) in [6, 6.07) is 0. The molecule has 0 radical (unpaired) electrons. The van der Waals surface area contributed by atoms with Crippen molar-refractivity contribution in [3.05, 3.63) is 12.3 Å². The molecular weight excluding hydrogens is 180 g/mol. The maximum absolute atomic E-state index is 5.65. The normalized spacial score (nSPS) is 33.5. The highest BCUT2D eigenvalue weighted by Gasteiger charge is 2.29. The summed E-state index contributed by atoms with van der Waals surface area (Å²) in [6.45, 7) is 6.72. The third-order valence-electron chi connectivity index (χ3n) is 2.31. The van der Waals surface area contributed by atoms with E-state index in [-0.39, 0.29) is 12.6 Å². The van der Waals surface area contributed by atoms with Gasteiger partial charge >= 0.3 is 0 Å². The summed E-state index contributed by atoms with van der Waals surface area (Å²) in [5.41, 5.74) is 0. The number of rotatable bonds is 4. The quantitative estimate of drug-likeness (QED) is 0.653. The highest BCUT2D eigenvalue weighted by Crippen LogP contribution is 2.26. The van der Waals surface area contributed by atoms with Crippen LogP contribution < -0.4 is 0 Å². The first-order valence-electron chi connectivity index (χ1n) is 5.31. The van der Waals surface area contributed by atoms with Gasteiger partial charge in [0.15, 0.2) is 6.29 Å². The van der Waals surface area contributed by atoms with Crippen LogP contribution in [-0.4, -0.2) is 19.2 Å². The number of ether oxygens (including phenoxy) is 3. The molecule has 82 valence electrons. The topological polar surface area (TPSA) is 27.7 Å². The van der Waals surface area contributed by atoms with Crippen molar-refractivity contribution >= 4 is 0 Å². The summed E-state index contributed by atoms with van der Waals surface area (Å²) in [6.07, 6.45) is 5.34. The van der Waals surface area contributed by atoms with E-state index in [2.05, 4.69) is 6.92 Å². The van der Waals surface area contributed by atoms with Crippen LogP contribution in [-0.2, 0) is 14.2 Å². The molecule has 3 atom stereocenters. The van der Waals surface area contributed by atoms with Crippen LogP contribution in [0.25, 0.3) is 0 Å². The van der Waals surface area contributed by atoms with E-state index in [1.54, 1.807) is 6.26 Å². The summed E-state index contributed by atoms with van der Waals surface area (Å²) in [5, 5.41) is 0. The van der Waals surface area contributed by atoms with Crippen molar-refractivity contribution in [1.29, 1.82) is 0 Å². The Bertz CT molecular complexity index is 179. The largest absolute Gasteiger partial charge is 0.473 e. The molecule has 0 aromatic rings. The fourth-order valence-electron chi connectivity index (χ4n) is 1.52. The molecule has 14 heavy (non-hydrogen) atoms. The molecule has 1 saturated heterocycles. The number of allylic oxidation sites excluding steroid dienone is 1. The summed E-state index contributed by atoms with van der Waals surface area (Å²) < 4.78 is 16.5. The van der Waals surface area contributed by atoms with Crippen LogP contribution in [0.2, 0.25) is 0 Å². The minimum Gasteiger partial charge on any atom is -0.473 e. The lowest BCUT2D eigenvalue weighted by atomic mass is 10.0. The van der Waals surface area contributed by atoms with Gasteiger partial charge in [-0.25, -0.2) is 0 Å². The maximum Gasteiger partial charge on any atom is 0.204 e. The molecule has 1 rings (SSSR count). The summed E-state index contributed by atoms with van der Waals surface area (Å²) in [7, 11) is 0. The van der Waals surface area contributed by atoms with Crippen LogP contribution in [0.4, 0.5) is 0 Å². The smallest absolute Gasteiger partial charge is 0.204 e. The molecule has 3 nitrogen and oxygen atoms in total. The van der Waals surface area contributed by atoms with Crippen molar-refractivity contribution < 1.29 is 14.2 Å². The van der Waals surface area contributed by atoms with Gasteiger partial charge in [0.2, 0.25) is 6.29 Å². The van der Waals surface area contributed by atoms with E-state index in [9.17, 15) is 0 Å². The van der Waals surface area contributed by atoms with Crippen LogP contribution in [0.3, 0.4) is 0 Å². The average molecular weight is 200 g/mol. The first-order chi connectivity index (χ1) is 6.77. The molecule has 0 amide bonds. The zero-order valence-electron chi connectivity index (χ0n) is 9.23. The Morgan fingerprint density at radius 2 is 2.21 bits per heavy atom. The Hall–Kier alpha value is -0.540. The molecule has 0 N–H and O–H groups in total. The van der Waals surface area contributed by atoms with Crippen LogP contribution in [0.15, 0.2) is 12.3 Å². The summed E-state index contributed by atoms with van der Waals surface area (Å²) in [5.74, 6) is 0.433. The minimum absolute atomic E-state index is 0.0912. The predicted octanol–water partition coefficient (Wildman–Crippen LogP) is 2.67. The van der Waals surface area contributed by atoms with E-state index in [1.807, 2.05) is 19.9 Å². The second-order valence-corrected chi connectivity index (χ2v) is 3.55. The fourth-order valence-corrected chi connectivity index (χ4v) is 1.52. The second kappa shape index (κ2) is 6.04. The third-order valence-corrected chi connectivity index (χ3v) is 2.31. The molecule has 0 aromatic carbocycles. The van der Waals surface area contributed by atoms with Gasteiger partial charge in [0, 0.05) is 12.5 Å². The first-order valence-corrected chi connectivity index (χ1v) is 5.31. The van der Waals surface area contributed by atoms with E-state index in [4.69, 9.17) is 14.2 Å². The van der Waals surface area contributed by atoms with E-state index in [0.29, 0.717) is 12.5 Å². The van der Waals surface area contributed by atoms with E-state index in [1.165, 1.54) is 0 Å². The minimum atomic E-state index is -0.156. The zero-order valence-corrected chi connectivity index (χ0v) is 9.23. The molecule has 0 aliphatic carbocycles. The summed E-state index contributed by atoms with van der Waals surface area (Å²) >= 11 is 0. The lowest BCUT2D eigenvalue weighted by Gasteiger charge is -2.33. The Morgan fingerprint density at radius 1 is 1.43 bits per heavy atom. The zero-order chi connectivity index (χ0) is 10.4. The van der Waals surface area contributed by atoms with Crippen molar-refractivity contribution in [2.24, 2.45) is 5.92 Å². The van der Waals surface area contributed by atoms with Crippen molar-refractivity contribution in [3.8, 4) is 0 Å². The Morgan fingerprint density at radius 3 is 2.86 bits per heavy atom. The maximum atomic E-state index is 5.65. The van der Waals surface area contributed by atoms with Crippen LogP contribution in [0.1, 0.15) is 33.6 Å². The highest BCUT2D eigenvalue weighted by atomic mass is 16.8. The van der Waals surface area contributed by atoms with Crippen molar-refractivity contribution in [2.75, 3.05) is 6.61 Å². The molecule has 1 aliphatic heterocycles. The van der Waals surface area contributed by atoms with Crippen LogP contribution >= 0.6 is 0 Å². The third kappa shape index (κ3) is 3.31. The van der Waals surface area contributed by atoms with E-state index < -0.39 is 0 Å². The first kappa shape index (κ1) is 11.5. The van der Waals surface area contributed by atoms with Crippen LogP contribution in [0.5, 0.6) is 0 Å². The standard InChI is InChI=1S/C11H20O3/c1-4-8-13-11-9(3)6-7-10(14-11)12-5-2/h4,8-11H,5-7H2,1-3H3. The molecule has 0 bridgehead atoms. The van der Waals surface area contributed by atoms with Gasteiger partial charge in [-0.1, -0.05) is 13.0 Å². The fraction of sp³-hybridized carbons (Fsp3) is 0.818. The van der Waals surface area contributed by atoms with Gasteiger partial charge in [0.05, 0.1) is 6.26 Å². The SMILES string of the molecule is CC=COC1OC(OCC)CCC1C. The Labute approximate surface area is 86.0 Å². The van der Waals surface area contributed by atoms with Crippen molar-refractivity contribution in [2.45, 2.75) is 46.2 Å². The van der Waals surface area contributed by atoms with Gasteiger partial charge in [-0.3, -0.25) is 0 Å². The van der Waals surface area contributed by atoms with Gasteiger partial charge in [-0.2, -0.15) is 0 Å². The molecule has 1 fully saturated rings. The molecular formula is C11H20O3. The lowest BCUT2D eigenvalue weighted by Crippen LogP contribution is -2.36. The second-order valence-electron chi connectivity index (χ2n) is 3.55. The van der Waals surface area contributed by atoms with Gasteiger partial charge in [0.25, 0.3) is 0 Å².